The molecular weight excluding hydrogens is 266 g/mol. The predicted molar refractivity (Wildman–Crippen MR) is 77.0 cm³/mol. The summed E-state index contributed by atoms with van der Waals surface area (Å²) >= 11 is 0. The fraction of sp³-hybridized carbons (Fsp3) is 0.833. The summed E-state index contributed by atoms with van der Waals surface area (Å²) in [6.07, 6.45) is 2.27. The molecular formula is C12H25N3O3S. The van der Waals surface area contributed by atoms with Crippen molar-refractivity contribution in [1.82, 2.24) is 10.6 Å². The maximum Gasteiger partial charge on any atom is 0.239 e. The molecule has 3 atom stereocenters. The summed E-state index contributed by atoms with van der Waals surface area (Å²) in [7, 11) is -0.861. The number of nitrogens with two attached hydrogens (primary N) is 1. The predicted octanol–water partition coefficient (Wildman–Crippen LogP) is -0.641. The van der Waals surface area contributed by atoms with Gasteiger partial charge in [-0.25, -0.2) is 0 Å². The van der Waals surface area contributed by atoms with Crippen molar-refractivity contribution in [3.63, 3.8) is 0 Å². The van der Waals surface area contributed by atoms with Gasteiger partial charge in [-0.3, -0.25) is 13.8 Å². The smallest absolute Gasteiger partial charge is 0.239 e. The Morgan fingerprint density at radius 3 is 2.32 bits per heavy atom. The molecule has 7 heteroatoms. The Hall–Kier alpha value is -0.950. The van der Waals surface area contributed by atoms with Crippen LogP contribution < -0.4 is 16.4 Å². The molecule has 0 heterocycles. The molecule has 4 N–H and O–H groups in total. The summed E-state index contributed by atoms with van der Waals surface area (Å²) in [6.45, 7) is 5.44. The number of carbonyl (C=O) groups excluding carboxylic acids is 2. The van der Waals surface area contributed by atoms with E-state index in [1.807, 2.05) is 20.8 Å². The molecule has 0 aliphatic heterocycles. The Kier molecular flexibility index (Phi) is 8.58. The van der Waals surface area contributed by atoms with E-state index in [0.29, 0.717) is 12.2 Å². The van der Waals surface area contributed by atoms with Gasteiger partial charge in [-0.15, -0.1) is 0 Å². The van der Waals surface area contributed by atoms with Gasteiger partial charge in [0, 0.05) is 28.9 Å². The van der Waals surface area contributed by atoms with E-state index in [9.17, 15) is 13.8 Å². The van der Waals surface area contributed by atoms with Crippen LogP contribution in [0.4, 0.5) is 0 Å². The van der Waals surface area contributed by atoms with Crippen LogP contribution in [0.2, 0.25) is 0 Å². The molecule has 112 valence electrons. The molecule has 0 aromatic heterocycles. The lowest BCUT2D eigenvalue weighted by atomic mass is 10.1. The zero-order valence-corrected chi connectivity index (χ0v) is 12.9. The second-order valence-corrected chi connectivity index (χ2v) is 6.58. The average molecular weight is 291 g/mol. The standard InChI is InChI=1S/C12H25N3O3S/c1-8(2)11(13)12(17)14-7-10(16)15-9(3)5-6-19(4)18/h8-9,11H,5-7,13H2,1-4H3,(H,14,17)(H,15,16)/t9?,11-,19?/m0/s1. The minimum absolute atomic E-state index is 0.0292. The van der Waals surface area contributed by atoms with Crippen molar-refractivity contribution in [2.45, 2.75) is 39.3 Å². The highest BCUT2D eigenvalue weighted by atomic mass is 32.2. The lowest BCUT2D eigenvalue weighted by Gasteiger charge is -2.16. The summed E-state index contributed by atoms with van der Waals surface area (Å²) in [5, 5.41) is 5.23. The zero-order valence-electron chi connectivity index (χ0n) is 12.1. The van der Waals surface area contributed by atoms with E-state index in [1.54, 1.807) is 6.26 Å². The minimum Gasteiger partial charge on any atom is -0.352 e. The Bertz CT molecular complexity index is 334. The molecule has 0 aliphatic rings. The van der Waals surface area contributed by atoms with Gasteiger partial charge in [0.25, 0.3) is 0 Å². The molecule has 0 aliphatic carbocycles. The van der Waals surface area contributed by atoms with Crippen molar-refractivity contribution in [2.24, 2.45) is 11.7 Å². The number of rotatable bonds is 8. The normalized spacial score (nSPS) is 15.7. The summed E-state index contributed by atoms with van der Waals surface area (Å²) in [6, 6.07) is -0.667. The second-order valence-electron chi connectivity index (χ2n) is 5.02. The molecule has 0 aromatic rings. The van der Waals surface area contributed by atoms with E-state index in [0.717, 1.165) is 0 Å². The average Bonchev–Trinajstić information content (AvgIpc) is 2.32. The van der Waals surface area contributed by atoms with Crippen molar-refractivity contribution in [1.29, 1.82) is 0 Å². The third-order valence-corrected chi connectivity index (χ3v) is 3.50. The fourth-order valence-electron chi connectivity index (χ4n) is 1.33. The molecule has 0 bridgehead atoms. The summed E-state index contributed by atoms with van der Waals surface area (Å²) < 4.78 is 10.9. The van der Waals surface area contributed by atoms with Crippen molar-refractivity contribution < 1.29 is 13.8 Å². The van der Waals surface area contributed by atoms with E-state index < -0.39 is 16.8 Å². The summed E-state index contributed by atoms with van der Waals surface area (Å²) in [4.78, 5) is 23.1. The van der Waals surface area contributed by atoms with Gasteiger partial charge in [-0.2, -0.15) is 0 Å². The molecule has 0 radical (unpaired) electrons. The third-order valence-electron chi connectivity index (χ3n) is 2.69. The summed E-state index contributed by atoms with van der Waals surface area (Å²) in [5.74, 6) is -0.0147. The van der Waals surface area contributed by atoms with Crippen LogP contribution in [0.3, 0.4) is 0 Å². The van der Waals surface area contributed by atoms with Gasteiger partial charge in [-0.1, -0.05) is 13.8 Å². The third kappa shape index (κ3) is 8.72. The van der Waals surface area contributed by atoms with E-state index in [-0.39, 0.29) is 30.3 Å². The van der Waals surface area contributed by atoms with E-state index in [2.05, 4.69) is 10.6 Å². The molecule has 0 saturated carbocycles. The number of hydrogen-bond donors (Lipinski definition) is 3. The van der Waals surface area contributed by atoms with Crippen LogP contribution in [0.15, 0.2) is 0 Å². The molecule has 6 nitrogen and oxygen atoms in total. The zero-order chi connectivity index (χ0) is 15.0. The number of amides is 2. The lowest BCUT2D eigenvalue weighted by Crippen LogP contribution is -2.48. The van der Waals surface area contributed by atoms with Crippen molar-refractivity contribution in [3.05, 3.63) is 0 Å². The van der Waals surface area contributed by atoms with Crippen molar-refractivity contribution in [2.75, 3.05) is 18.6 Å². The first kappa shape index (κ1) is 18.0. The van der Waals surface area contributed by atoms with Gasteiger partial charge >= 0.3 is 0 Å². The Balaban J connectivity index is 3.92. The molecule has 19 heavy (non-hydrogen) atoms. The molecule has 0 fully saturated rings. The first-order chi connectivity index (χ1) is 8.73. The van der Waals surface area contributed by atoms with Gasteiger partial charge < -0.3 is 16.4 Å². The molecule has 0 saturated heterocycles. The Labute approximate surface area is 117 Å². The van der Waals surface area contributed by atoms with Gasteiger partial charge in [0.1, 0.15) is 0 Å². The second kappa shape index (κ2) is 9.03. The topological polar surface area (TPSA) is 101 Å². The van der Waals surface area contributed by atoms with Gasteiger partial charge in [0.05, 0.1) is 12.6 Å². The van der Waals surface area contributed by atoms with E-state index in [1.165, 1.54) is 0 Å². The Morgan fingerprint density at radius 2 is 1.84 bits per heavy atom. The fourth-order valence-corrected chi connectivity index (χ4v) is 2.01. The quantitative estimate of drug-likeness (QED) is 0.553. The van der Waals surface area contributed by atoms with Crippen LogP contribution >= 0.6 is 0 Å². The van der Waals surface area contributed by atoms with Crippen LogP contribution in [-0.2, 0) is 20.4 Å². The number of hydrogen-bond acceptors (Lipinski definition) is 4. The molecule has 2 amide bonds. The van der Waals surface area contributed by atoms with Crippen LogP contribution in [0.25, 0.3) is 0 Å². The lowest BCUT2D eigenvalue weighted by molar-refractivity contribution is -0.127. The maximum atomic E-state index is 11.6. The minimum atomic E-state index is -0.861. The molecule has 0 rings (SSSR count). The first-order valence-corrected chi connectivity index (χ1v) is 8.09. The maximum absolute atomic E-state index is 11.6. The molecule has 2 unspecified atom stereocenters. The van der Waals surface area contributed by atoms with E-state index >= 15 is 0 Å². The highest BCUT2D eigenvalue weighted by molar-refractivity contribution is 7.84. The van der Waals surface area contributed by atoms with Gasteiger partial charge in [-0.05, 0) is 19.3 Å². The van der Waals surface area contributed by atoms with E-state index in [4.69, 9.17) is 5.73 Å². The SMILES string of the molecule is CC(CCS(C)=O)NC(=O)CNC(=O)[C@@H](N)C(C)C. The largest absolute Gasteiger partial charge is 0.352 e. The van der Waals surface area contributed by atoms with Crippen molar-refractivity contribution >= 4 is 22.6 Å². The number of carbonyl (C=O) groups is 2. The number of nitrogens with one attached hydrogen (secondary N) is 2. The Morgan fingerprint density at radius 1 is 1.26 bits per heavy atom. The van der Waals surface area contributed by atoms with Crippen LogP contribution in [0.1, 0.15) is 27.2 Å². The molecule has 0 spiro atoms. The molecule has 0 aromatic carbocycles. The summed E-state index contributed by atoms with van der Waals surface area (Å²) in [5.41, 5.74) is 5.65. The van der Waals surface area contributed by atoms with Crippen LogP contribution in [0.5, 0.6) is 0 Å². The first-order valence-electron chi connectivity index (χ1n) is 6.36. The van der Waals surface area contributed by atoms with Gasteiger partial charge in [0.2, 0.25) is 11.8 Å². The highest BCUT2D eigenvalue weighted by Crippen LogP contribution is 1.97. The van der Waals surface area contributed by atoms with Crippen LogP contribution in [0, 0.1) is 5.92 Å². The highest BCUT2D eigenvalue weighted by Gasteiger charge is 2.17. The van der Waals surface area contributed by atoms with Crippen LogP contribution in [-0.4, -0.2) is 46.7 Å². The van der Waals surface area contributed by atoms with Crippen molar-refractivity contribution in [3.8, 4) is 0 Å². The monoisotopic (exact) mass is 291 g/mol. The van der Waals surface area contributed by atoms with Gasteiger partial charge in [0.15, 0.2) is 0 Å².